The average Bonchev–Trinajstić information content (AvgIpc) is 1.99. The maximum absolute atomic E-state index is 13.4. The molecule has 1 aromatic carbocycles. The summed E-state index contributed by atoms with van der Waals surface area (Å²) in [6, 6.07) is 2.76. The topological polar surface area (TPSA) is 26.0 Å². The van der Waals surface area contributed by atoms with Gasteiger partial charge in [-0.05, 0) is 37.6 Å². The summed E-state index contributed by atoms with van der Waals surface area (Å²) in [5.41, 5.74) is 2.35. The summed E-state index contributed by atoms with van der Waals surface area (Å²) in [6.07, 6.45) is -4.50. The minimum atomic E-state index is -4.50. The Balaban J connectivity index is 3.30. The van der Waals surface area contributed by atoms with Crippen LogP contribution in [-0.4, -0.2) is 0 Å². The van der Waals surface area contributed by atoms with Crippen molar-refractivity contribution in [3.05, 3.63) is 29.3 Å². The lowest BCUT2D eigenvalue weighted by Gasteiger charge is -2.17. The molecule has 2 N–H and O–H groups in total. The monoisotopic (exact) mass is 221 g/mol. The molecule has 0 saturated carbocycles. The molecule has 5 heteroatoms. The van der Waals surface area contributed by atoms with Gasteiger partial charge in [-0.3, -0.25) is 0 Å². The third kappa shape index (κ3) is 2.84. The number of anilines is 1. The number of rotatable bonds is 1. The largest absolute Gasteiger partial charge is 0.416 e. The molecule has 0 fully saturated rings. The van der Waals surface area contributed by atoms with Gasteiger partial charge < -0.3 is 5.73 Å². The summed E-state index contributed by atoms with van der Waals surface area (Å²) in [4.78, 5) is 0. The summed E-state index contributed by atoms with van der Waals surface area (Å²) in [7, 11) is 0. The Labute approximate surface area is 84.9 Å². The number of alkyl halides is 4. The van der Waals surface area contributed by atoms with E-state index in [4.69, 9.17) is 5.73 Å². The summed E-state index contributed by atoms with van der Waals surface area (Å²) < 4.78 is 50.5. The van der Waals surface area contributed by atoms with E-state index in [2.05, 4.69) is 0 Å². The first-order valence-electron chi connectivity index (χ1n) is 4.28. The van der Waals surface area contributed by atoms with Gasteiger partial charge in [0.15, 0.2) is 0 Å². The zero-order valence-electron chi connectivity index (χ0n) is 8.32. The van der Waals surface area contributed by atoms with Crippen LogP contribution >= 0.6 is 0 Å². The summed E-state index contributed by atoms with van der Waals surface area (Å²) in [5, 5.41) is 0. The van der Waals surface area contributed by atoms with Gasteiger partial charge in [-0.1, -0.05) is 0 Å². The van der Waals surface area contributed by atoms with Crippen LogP contribution in [0.25, 0.3) is 0 Å². The molecule has 0 aromatic heterocycles. The third-order valence-corrected chi connectivity index (χ3v) is 1.97. The van der Waals surface area contributed by atoms with Crippen LogP contribution in [0.1, 0.15) is 25.0 Å². The number of nitrogens with two attached hydrogens (primary N) is 1. The molecular weight excluding hydrogens is 210 g/mol. The lowest BCUT2D eigenvalue weighted by Crippen LogP contribution is -2.13. The molecule has 0 spiro atoms. The van der Waals surface area contributed by atoms with Crippen molar-refractivity contribution in [3.63, 3.8) is 0 Å². The lowest BCUT2D eigenvalue weighted by molar-refractivity contribution is -0.137. The molecule has 1 aromatic rings. The molecule has 0 aliphatic heterocycles. The normalized spacial score (nSPS) is 12.9. The van der Waals surface area contributed by atoms with Gasteiger partial charge in [0.2, 0.25) is 0 Å². The summed E-state index contributed by atoms with van der Waals surface area (Å²) >= 11 is 0. The fourth-order valence-electron chi connectivity index (χ4n) is 1.16. The molecule has 0 aliphatic carbocycles. The first-order chi connectivity index (χ1) is 6.60. The first-order valence-corrected chi connectivity index (χ1v) is 4.28. The smallest absolute Gasteiger partial charge is 0.399 e. The first kappa shape index (κ1) is 11.8. The molecule has 0 aliphatic rings. The van der Waals surface area contributed by atoms with Gasteiger partial charge >= 0.3 is 6.18 Å². The van der Waals surface area contributed by atoms with Crippen LogP contribution in [0.4, 0.5) is 23.2 Å². The van der Waals surface area contributed by atoms with Crippen molar-refractivity contribution < 1.29 is 17.6 Å². The van der Waals surface area contributed by atoms with Crippen molar-refractivity contribution in [1.29, 1.82) is 0 Å². The van der Waals surface area contributed by atoms with E-state index in [1.54, 1.807) is 0 Å². The highest BCUT2D eigenvalue weighted by Crippen LogP contribution is 2.35. The maximum atomic E-state index is 13.4. The minimum absolute atomic E-state index is 0.0742. The van der Waals surface area contributed by atoms with Crippen molar-refractivity contribution in [2.24, 2.45) is 0 Å². The zero-order chi connectivity index (χ0) is 11.9. The van der Waals surface area contributed by atoms with Crippen LogP contribution in [0.3, 0.4) is 0 Å². The highest BCUT2D eigenvalue weighted by atomic mass is 19.4. The molecule has 0 radical (unpaired) electrons. The standard InChI is InChI=1S/C10H11F4N/c1-9(2,11)6-3-7(10(12,13)14)5-8(15)4-6/h3-5H,15H2,1-2H3. The molecule has 0 heterocycles. The Bertz CT molecular complexity index is 330. The van der Waals surface area contributed by atoms with E-state index < -0.39 is 17.4 Å². The average molecular weight is 221 g/mol. The predicted octanol–water partition coefficient (Wildman–Crippen LogP) is 3.49. The Hall–Kier alpha value is -1.26. The van der Waals surface area contributed by atoms with Crippen LogP contribution in [-0.2, 0) is 11.8 Å². The van der Waals surface area contributed by atoms with E-state index >= 15 is 0 Å². The van der Waals surface area contributed by atoms with Crippen molar-refractivity contribution in [2.45, 2.75) is 25.7 Å². The number of halogens is 4. The molecule has 0 bridgehead atoms. The maximum Gasteiger partial charge on any atom is 0.416 e. The highest BCUT2D eigenvalue weighted by Gasteiger charge is 2.32. The SMILES string of the molecule is CC(C)(F)c1cc(N)cc(C(F)(F)F)c1. The van der Waals surface area contributed by atoms with E-state index in [9.17, 15) is 17.6 Å². The zero-order valence-corrected chi connectivity index (χ0v) is 8.32. The van der Waals surface area contributed by atoms with Gasteiger partial charge in [0.25, 0.3) is 0 Å². The van der Waals surface area contributed by atoms with Crippen molar-refractivity contribution in [2.75, 3.05) is 5.73 Å². The van der Waals surface area contributed by atoms with Crippen molar-refractivity contribution in [1.82, 2.24) is 0 Å². The third-order valence-electron chi connectivity index (χ3n) is 1.97. The van der Waals surface area contributed by atoms with Gasteiger partial charge in [0.05, 0.1) is 5.56 Å². The Morgan fingerprint density at radius 3 is 1.80 bits per heavy atom. The van der Waals surface area contributed by atoms with Crippen molar-refractivity contribution in [3.8, 4) is 0 Å². The van der Waals surface area contributed by atoms with Crippen LogP contribution in [0, 0.1) is 0 Å². The molecule has 1 nitrogen and oxygen atoms in total. The second-order valence-electron chi connectivity index (χ2n) is 3.81. The molecule has 84 valence electrons. The summed E-state index contributed by atoms with van der Waals surface area (Å²) in [5.74, 6) is 0. The molecule has 0 amide bonds. The fourth-order valence-corrected chi connectivity index (χ4v) is 1.16. The predicted molar refractivity (Wildman–Crippen MR) is 50.0 cm³/mol. The number of benzene rings is 1. The van der Waals surface area contributed by atoms with Crippen LogP contribution < -0.4 is 5.73 Å². The molecule has 15 heavy (non-hydrogen) atoms. The van der Waals surface area contributed by atoms with E-state index in [-0.39, 0.29) is 11.3 Å². The van der Waals surface area contributed by atoms with Gasteiger partial charge in [0.1, 0.15) is 5.67 Å². The second-order valence-corrected chi connectivity index (χ2v) is 3.81. The lowest BCUT2D eigenvalue weighted by atomic mass is 9.97. The summed E-state index contributed by atoms with van der Waals surface area (Å²) in [6.45, 7) is 2.36. The van der Waals surface area contributed by atoms with Gasteiger partial charge in [-0.2, -0.15) is 13.2 Å². The van der Waals surface area contributed by atoms with Crippen LogP contribution in [0.2, 0.25) is 0 Å². The van der Waals surface area contributed by atoms with E-state index in [1.165, 1.54) is 19.9 Å². The van der Waals surface area contributed by atoms with E-state index in [1.807, 2.05) is 0 Å². The quantitative estimate of drug-likeness (QED) is 0.570. The number of hydrogen-bond acceptors (Lipinski definition) is 1. The number of nitrogen functional groups attached to an aromatic ring is 1. The van der Waals surface area contributed by atoms with Gasteiger partial charge in [-0.15, -0.1) is 0 Å². The Morgan fingerprint density at radius 2 is 1.40 bits per heavy atom. The minimum Gasteiger partial charge on any atom is -0.399 e. The van der Waals surface area contributed by atoms with Gasteiger partial charge in [0, 0.05) is 5.69 Å². The highest BCUT2D eigenvalue weighted by molar-refractivity contribution is 5.47. The van der Waals surface area contributed by atoms with E-state index in [0.29, 0.717) is 0 Å². The Kier molecular flexibility index (Phi) is 2.67. The van der Waals surface area contributed by atoms with Crippen molar-refractivity contribution >= 4 is 5.69 Å². The molecule has 0 atom stereocenters. The van der Waals surface area contributed by atoms with Crippen LogP contribution in [0.5, 0.6) is 0 Å². The molecular formula is C10H11F4N. The molecule has 0 saturated heterocycles. The fraction of sp³-hybridized carbons (Fsp3) is 0.400. The Morgan fingerprint density at radius 1 is 0.933 bits per heavy atom. The number of hydrogen-bond donors (Lipinski definition) is 1. The van der Waals surface area contributed by atoms with E-state index in [0.717, 1.165) is 12.1 Å². The molecule has 0 unspecified atom stereocenters. The van der Waals surface area contributed by atoms with Gasteiger partial charge in [-0.25, -0.2) is 4.39 Å². The van der Waals surface area contributed by atoms with Crippen LogP contribution in [0.15, 0.2) is 18.2 Å². The molecule has 1 rings (SSSR count). The second kappa shape index (κ2) is 3.40.